The van der Waals surface area contributed by atoms with Crippen LogP contribution in [0, 0.1) is 19.7 Å². The van der Waals surface area contributed by atoms with Crippen molar-refractivity contribution in [3.8, 4) is 0 Å². The lowest BCUT2D eigenvalue weighted by Crippen LogP contribution is -2.46. The molecule has 1 saturated heterocycles. The van der Waals surface area contributed by atoms with Crippen LogP contribution < -0.4 is 15.1 Å². The first-order valence-corrected chi connectivity index (χ1v) is 14.4. The van der Waals surface area contributed by atoms with Crippen molar-refractivity contribution in [2.75, 3.05) is 36.0 Å². The van der Waals surface area contributed by atoms with E-state index < -0.39 is 20.9 Å². The second-order valence-corrected chi connectivity index (χ2v) is 12.3. The van der Waals surface area contributed by atoms with Gasteiger partial charge in [-0.05, 0) is 73.5 Å². The summed E-state index contributed by atoms with van der Waals surface area (Å²) in [6.45, 7) is 5.29. The number of halogens is 6. The molecule has 0 saturated carbocycles. The maximum Gasteiger partial charge on any atom is 0.310 e. The molecule has 0 bridgehead atoms. The molecule has 0 spiro atoms. The number of pyridine rings is 1. The van der Waals surface area contributed by atoms with Gasteiger partial charge in [-0.3, -0.25) is 9.20 Å². The predicted octanol–water partition coefficient (Wildman–Crippen LogP) is 7.00. The van der Waals surface area contributed by atoms with E-state index in [1.165, 1.54) is 6.07 Å². The van der Waals surface area contributed by atoms with Crippen LogP contribution >= 0.6 is 10.2 Å². The van der Waals surface area contributed by atoms with Gasteiger partial charge in [0.25, 0.3) is 5.91 Å². The maximum absolute atomic E-state index is 15.0. The number of aromatic nitrogens is 2. The molecule has 214 valence electrons. The third kappa shape index (κ3) is 5.69. The minimum Gasteiger partial charge on any atom is -0.368 e. The molecule has 1 fully saturated rings. The number of amides is 1. The van der Waals surface area contributed by atoms with Gasteiger partial charge in [-0.15, -0.1) is 0 Å². The van der Waals surface area contributed by atoms with Crippen LogP contribution in [0.5, 0.6) is 0 Å². The van der Waals surface area contributed by atoms with E-state index in [9.17, 15) is 24.2 Å². The highest BCUT2D eigenvalue weighted by molar-refractivity contribution is 8.45. The number of rotatable bonds is 6. The van der Waals surface area contributed by atoms with E-state index in [0.717, 1.165) is 17.7 Å². The number of anilines is 2. The first-order chi connectivity index (χ1) is 18.6. The molecule has 5 rings (SSSR count). The highest BCUT2D eigenvalue weighted by Crippen LogP contribution is 3.02. The number of hydrogen-bond acceptors (Lipinski definition) is 4. The summed E-state index contributed by atoms with van der Waals surface area (Å²) in [4.78, 5) is 18.9. The van der Waals surface area contributed by atoms with Gasteiger partial charge in [0, 0.05) is 44.6 Å². The molecule has 4 aromatic rings. The Kier molecular flexibility index (Phi) is 6.29. The first-order valence-electron chi connectivity index (χ1n) is 12.4. The van der Waals surface area contributed by atoms with Gasteiger partial charge in [0.2, 0.25) is 0 Å². The second kappa shape index (κ2) is 9.08. The zero-order chi connectivity index (χ0) is 28.9. The number of hydrogen-bond donors (Lipinski definition) is 1. The molecule has 40 heavy (non-hydrogen) atoms. The maximum atomic E-state index is 15.0. The van der Waals surface area contributed by atoms with Gasteiger partial charge in [0.1, 0.15) is 22.1 Å². The minimum absolute atomic E-state index is 0.108. The van der Waals surface area contributed by atoms with Crippen LogP contribution in [0.3, 0.4) is 0 Å². The van der Waals surface area contributed by atoms with E-state index in [-0.39, 0.29) is 12.5 Å². The molecule has 1 aliphatic rings. The highest BCUT2D eigenvalue weighted by atomic mass is 32.5. The number of nitrogens with one attached hydrogen (secondary N) is 1. The monoisotopic (exact) mass is 583 g/mol. The fourth-order valence-electron chi connectivity index (χ4n) is 4.84. The number of imidazole rings is 1. The number of carbonyl (C=O) groups excluding carboxylic acids is 1. The predicted molar refractivity (Wildman–Crippen MR) is 145 cm³/mol. The number of fused-ring (bicyclic) bond motifs is 1. The smallest absolute Gasteiger partial charge is 0.310 e. The van der Waals surface area contributed by atoms with Gasteiger partial charge >= 0.3 is 10.2 Å². The third-order valence-corrected chi connectivity index (χ3v) is 8.07. The molecule has 2 aromatic heterocycles. The van der Waals surface area contributed by atoms with Crippen LogP contribution in [0.1, 0.15) is 27.3 Å². The van der Waals surface area contributed by atoms with Crippen LogP contribution in [-0.2, 0) is 6.54 Å². The summed E-state index contributed by atoms with van der Waals surface area (Å²) in [7, 11) is -9.72. The van der Waals surface area contributed by atoms with Crippen molar-refractivity contribution in [1.29, 1.82) is 0 Å². The average Bonchev–Trinajstić information content (AvgIpc) is 3.21. The average molecular weight is 584 g/mol. The Bertz CT molecular complexity index is 1600. The molecule has 0 atom stereocenters. The van der Waals surface area contributed by atoms with E-state index in [0.29, 0.717) is 72.3 Å². The molecular weight excluding hydrogens is 556 g/mol. The van der Waals surface area contributed by atoms with E-state index in [2.05, 4.69) is 10.3 Å². The first kappa shape index (κ1) is 27.7. The Hall–Kier alpha value is -3.87. The summed E-state index contributed by atoms with van der Waals surface area (Å²) in [5, 5.41) is 2.82. The van der Waals surface area contributed by atoms with Crippen molar-refractivity contribution < 1.29 is 28.6 Å². The van der Waals surface area contributed by atoms with Gasteiger partial charge in [0.05, 0.1) is 11.4 Å². The van der Waals surface area contributed by atoms with E-state index in [1.54, 1.807) is 39.5 Å². The number of benzene rings is 2. The van der Waals surface area contributed by atoms with Crippen molar-refractivity contribution in [2.45, 2.75) is 25.3 Å². The molecule has 13 heteroatoms. The molecule has 0 radical (unpaired) electrons. The summed E-state index contributed by atoms with van der Waals surface area (Å²) in [6.07, 6.45) is 1.78. The minimum atomic E-state index is -9.72. The lowest BCUT2D eigenvalue weighted by molar-refractivity contribution is 0.0944. The molecule has 0 aliphatic carbocycles. The molecule has 0 unspecified atom stereocenters. The third-order valence-electron chi connectivity index (χ3n) is 6.90. The van der Waals surface area contributed by atoms with Crippen LogP contribution in [0.15, 0.2) is 65.7 Å². The molecule has 3 heterocycles. The Morgan fingerprint density at radius 1 is 0.900 bits per heavy atom. The Balaban J connectivity index is 1.20. The normalized spacial score (nSPS) is 16.1. The summed E-state index contributed by atoms with van der Waals surface area (Å²) in [5.41, 5.74) is 3.99. The Morgan fingerprint density at radius 2 is 1.55 bits per heavy atom. The number of carbonyl (C=O) groups is 1. The van der Waals surface area contributed by atoms with Gasteiger partial charge in [-0.25, -0.2) is 9.37 Å². The van der Waals surface area contributed by atoms with E-state index in [4.69, 9.17) is 0 Å². The Labute approximate surface area is 226 Å². The topological polar surface area (TPSA) is 52.9 Å². The largest absolute Gasteiger partial charge is 0.368 e. The molecule has 2 aromatic carbocycles. The second-order valence-electron chi connectivity index (χ2n) is 9.88. The van der Waals surface area contributed by atoms with Crippen molar-refractivity contribution in [1.82, 2.24) is 14.7 Å². The lowest BCUT2D eigenvalue weighted by atomic mass is 10.1. The number of piperazine rings is 1. The fourth-order valence-corrected chi connectivity index (χ4v) is 5.49. The van der Waals surface area contributed by atoms with E-state index in [1.807, 2.05) is 19.1 Å². The number of nitrogens with zero attached hydrogens (tertiary/aromatic N) is 4. The van der Waals surface area contributed by atoms with Gasteiger partial charge in [0.15, 0.2) is 0 Å². The molecule has 1 amide bonds. The standard InChI is InChI=1S/C27H27F6N5OS/c1-18-9-10-38-25(15-18)35-19(2)26(38)27(39)34-17-20-3-8-24(23(28)16-20)37-13-11-36(12-14-37)21-4-6-22(7-5-21)40(29,30,31,32)33/h3-10,15-16H,11-14,17H2,1-2H3,(H,34,39). The molecule has 6 nitrogen and oxygen atoms in total. The summed E-state index contributed by atoms with van der Waals surface area (Å²) >= 11 is 0. The van der Waals surface area contributed by atoms with Crippen molar-refractivity contribution >= 4 is 33.2 Å². The quantitative estimate of drug-likeness (QED) is 0.248. The summed E-state index contributed by atoms with van der Waals surface area (Å²) < 4.78 is 81.7. The lowest BCUT2D eigenvalue weighted by Gasteiger charge is -2.41. The summed E-state index contributed by atoms with van der Waals surface area (Å²) in [6, 6.07) is 11.3. The summed E-state index contributed by atoms with van der Waals surface area (Å²) in [5.74, 6) is -0.801. The zero-order valence-corrected chi connectivity index (χ0v) is 22.5. The zero-order valence-electron chi connectivity index (χ0n) is 21.7. The SMILES string of the molecule is Cc1ccn2c(C(=O)NCc3ccc(N4CCN(c5ccc(S(F)(F)(F)(F)F)cc5)CC4)c(F)c3)c(C)nc2c1. The van der Waals surface area contributed by atoms with Crippen molar-refractivity contribution in [3.05, 3.63) is 89.1 Å². The van der Waals surface area contributed by atoms with Crippen molar-refractivity contribution in [2.24, 2.45) is 0 Å². The van der Waals surface area contributed by atoms with Crippen molar-refractivity contribution in [3.63, 3.8) is 0 Å². The van der Waals surface area contributed by atoms with Gasteiger partial charge in [-0.1, -0.05) is 25.5 Å². The fraction of sp³-hybridized carbons (Fsp3) is 0.259. The number of aryl methyl sites for hydroxylation is 2. The van der Waals surface area contributed by atoms with E-state index >= 15 is 4.39 Å². The van der Waals surface area contributed by atoms with Crippen LogP contribution in [-0.4, -0.2) is 41.5 Å². The molecule has 1 aliphatic heterocycles. The highest BCUT2D eigenvalue weighted by Gasteiger charge is 2.65. The van der Waals surface area contributed by atoms with Crippen LogP contribution in [0.4, 0.5) is 35.2 Å². The Morgan fingerprint density at radius 3 is 2.17 bits per heavy atom. The molecular formula is C27H27F6N5OS. The van der Waals surface area contributed by atoms with Crippen LogP contribution in [0.25, 0.3) is 5.65 Å². The van der Waals surface area contributed by atoms with Gasteiger partial charge in [-0.2, -0.15) is 0 Å². The van der Waals surface area contributed by atoms with Gasteiger partial charge < -0.3 is 15.1 Å². The van der Waals surface area contributed by atoms with Crippen LogP contribution in [0.2, 0.25) is 0 Å². The molecule has 1 N–H and O–H groups in total.